The summed E-state index contributed by atoms with van der Waals surface area (Å²) in [7, 11) is 1.88. The number of hydrogen-bond acceptors (Lipinski definition) is 4. The molecule has 1 amide bonds. The zero-order valence-corrected chi connectivity index (χ0v) is 11.3. The van der Waals surface area contributed by atoms with E-state index in [0.717, 1.165) is 17.7 Å². The number of rotatable bonds is 4. The molecule has 0 atom stereocenters. The number of thiophene rings is 1. The van der Waals surface area contributed by atoms with Crippen molar-refractivity contribution >= 4 is 22.9 Å². The van der Waals surface area contributed by atoms with Crippen LogP contribution in [0.1, 0.15) is 27.9 Å². The molecule has 2 heterocycles. The summed E-state index contributed by atoms with van der Waals surface area (Å²) in [5.74, 6) is -0.131. The van der Waals surface area contributed by atoms with Gasteiger partial charge in [0.15, 0.2) is 0 Å². The number of amides is 1. The molecule has 5 nitrogen and oxygen atoms in total. The van der Waals surface area contributed by atoms with Crippen molar-refractivity contribution in [1.82, 2.24) is 15.1 Å². The molecule has 0 aliphatic rings. The highest BCUT2D eigenvalue weighted by Gasteiger charge is 2.12. The molecule has 3 N–H and O–H groups in total. The number of nitrogens with two attached hydrogens (primary N) is 1. The summed E-state index contributed by atoms with van der Waals surface area (Å²) >= 11 is 1.35. The fourth-order valence-electron chi connectivity index (χ4n) is 1.79. The van der Waals surface area contributed by atoms with Crippen molar-refractivity contribution in [3.8, 4) is 0 Å². The molecule has 0 saturated heterocycles. The van der Waals surface area contributed by atoms with E-state index in [1.807, 2.05) is 25.5 Å². The highest BCUT2D eigenvalue weighted by atomic mass is 32.1. The average Bonchev–Trinajstić information content (AvgIpc) is 2.92. The van der Waals surface area contributed by atoms with Gasteiger partial charge in [0.2, 0.25) is 0 Å². The minimum Gasteiger partial charge on any atom is -0.397 e. The molecule has 0 saturated carbocycles. The summed E-state index contributed by atoms with van der Waals surface area (Å²) in [6.07, 6.45) is 2.78. The van der Waals surface area contributed by atoms with Crippen LogP contribution in [0.2, 0.25) is 0 Å². The molecular formula is C12H16N4OS. The fourth-order valence-corrected chi connectivity index (χ4v) is 2.52. The molecule has 2 rings (SSSR count). The van der Waals surface area contributed by atoms with E-state index >= 15 is 0 Å². The third kappa shape index (κ3) is 2.53. The van der Waals surface area contributed by atoms with Gasteiger partial charge in [-0.2, -0.15) is 5.10 Å². The predicted octanol–water partition coefficient (Wildman–Crippen LogP) is 1.56. The van der Waals surface area contributed by atoms with Crippen molar-refractivity contribution < 1.29 is 4.79 Å². The number of nitrogens with zero attached hydrogens (tertiary/aromatic N) is 2. The Morgan fingerprint density at radius 3 is 3.00 bits per heavy atom. The number of aryl methyl sites for hydroxylation is 2. The fraction of sp³-hybridized carbons (Fsp3) is 0.333. The third-order valence-corrected chi connectivity index (χ3v) is 3.60. The first-order valence-electron chi connectivity index (χ1n) is 5.74. The first-order chi connectivity index (χ1) is 8.61. The lowest BCUT2D eigenvalue weighted by molar-refractivity contribution is 0.0955. The Bertz CT molecular complexity index is 558. The second-order valence-corrected chi connectivity index (χ2v) is 4.93. The predicted molar refractivity (Wildman–Crippen MR) is 72.5 cm³/mol. The van der Waals surface area contributed by atoms with E-state index in [1.165, 1.54) is 11.3 Å². The van der Waals surface area contributed by atoms with Crippen LogP contribution in [0.15, 0.2) is 17.6 Å². The summed E-state index contributed by atoms with van der Waals surface area (Å²) in [5.41, 5.74) is 8.29. The molecule has 0 fully saturated rings. The van der Waals surface area contributed by atoms with E-state index < -0.39 is 0 Å². The Balaban J connectivity index is 2.03. The molecule has 18 heavy (non-hydrogen) atoms. The molecule has 96 valence electrons. The molecule has 0 unspecified atom stereocenters. The van der Waals surface area contributed by atoms with Crippen molar-refractivity contribution in [3.05, 3.63) is 33.8 Å². The van der Waals surface area contributed by atoms with Gasteiger partial charge in [0.1, 0.15) is 4.88 Å². The Kier molecular flexibility index (Phi) is 3.66. The normalized spacial score (nSPS) is 10.6. The molecule has 0 bridgehead atoms. The highest BCUT2D eigenvalue weighted by molar-refractivity contribution is 7.12. The SMILES string of the molecule is CCc1nn(C)cc1CNC(=O)c1sccc1N. The smallest absolute Gasteiger partial charge is 0.263 e. The van der Waals surface area contributed by atoms with E-state index in [0.29, 0.717) is 17.1 Å². The van der Waals surface area contributed by atoms with E-state index in [-0.39, 0.29) is 5.91 Å². The van der Waals surface area contributed by atoms with Gasteiger partial charge in [0, 0.05) is 25.4 Å². The maximum absolute atomic E-state index is 11.9. The van der Waals surface area contributed by atoms with Crippen LogP contribution in [0.4, 0.5) is 5.69 Å². The van der Waals surface area contributed by atoms with Crippen LogP contribution in [0.25, 0.3) is 0 Å². The first kappa shape index (κ1) is 12.6. The van der Waals surface area contributed by atoms with Gasteiger partial charge in [-0.1, -0.05) is 6.92 Å². The average molecular weight is 264 g/mol. The highest BCUT2D eigenvalue weighted by Crippen LogP contribution is 2.18. The number of nitrogen functional groups attached to an aromatic ring is 1. The summed E-state index contributed by atoms with van der Waals surface area (Å²) in [4.78, 5) is 12.5. The molecule has 0 aromatic carbocycles. The Labute approximate surface area is 110 Å². The Morgan fingerprint density at radius 1 is 1.61 bits per heavy atom. The summed E-state index contributed by atoms with van der Waals surface area (Å²) in [6.45, 7) is 2.53. The van der Waals surface area contributed by atoms with E-state index in [4.69, 9.17) is 5.73 Å². The lowest BCUT2D eigenvalue weighted by atomic mass is 10.2. The first-order valence-corrected chi connectivity index (χ1v) is 6.62. The quantitative estimate of drug-likeness (QED) is 0.880. The molecule has 2 aromatic heterocycles. The zero-order chi connectivity index (χ0) is 13.1. The van der Waals surface area contributed by atoms with Gasteiger partial charge in [-0.15, -0.1) is 11.3 Å². The number of carbonyl (C=O) groups excluding carboxylic acids is 1. The lowest BCUT2D eigenvalue weighted by Crippen LogP contribution is -2.22. The zero-order valence-electron chi connectivity index (χ0n) is 10.4. The number of hydrogen-bond donors (Lipinski definition) is 2. The van der Waals surface area contributed by atoms with Crippen molar-refractivity contribution in [3.63, 3.8) is 0 Å². The van der Waals surface area contributed by atoms with Gasteiger partial charge in [0.25, 0.3) is 5.91 Å². The standard InChI is InChI=1S/C12H16N4OS/c1-3-10-8(7-16(2)15-10)6-14-12(17)11-9(13)4-5-18-11/h4-5,7H,3,6,13H2,1-2H3,(H,14,17). The van der Waals surface area contributed by atoms with E-state index in [9.17, 15) is 4.79 Å². The number of nitrogens with one attached hydrogen (secondary N) is 1. The van der Waals surface area contributed by atoms with Crippen LogP contribution in [0.5, 0.6) is 0 Å². The molecule has 6 heteroatoms. The van der Waals surface area contributed by atoms with Crippen LogP contribution in [-0.4, -0.2) is 15.7 Å². The van der Waals surface area contributed by atoms with Crippen molar-refractivity contribution in [2.24, 2.45) is 7.05 Å². The summed E-state index contributed by atoms with van der Waals surface area (Å²) in [5, 5.41) is 9.01. The number of aromatic nitrogens is 2. The largest absolute Gasteiger partial charge is 0.397 e. The van der Waals surface area contributed by atoms with Crippen LogP contribution < -0.4 is 11.1 Å². The van der Waals surface area contributed by atoms with Gasteiger partial charge < -0.3 is 11.1 Å². The van der Waals surface area contributed by atoms with Gasteiger partial charge in [-0.3, -0.25) is 9.48 Å². The Hall–Kier alpha value is -1.82. The molecule has 0 radical (unpaired) electrons. The van der Waals surface area contributed by atoms with E-state index in [1.54, 1.807) is 10.7 Å². The summed E-state index contributed by atoms with van der Waals surface area (Å²) < 4.78 is 1.76. The van der Waals surface area contributed by atoms with Crippen molar-refractivity contribution in [2.75, 3.05) is 5.73 Å². The topological polar surface area (TPSA) is 72.9 Å². The van der Waals surface area contributed by atoms with Gasteiger partial charge in [0.05, 0.1) is 11.4 Å². The maximum Gasteiger partial charge on any atom is 0.263 e. The Morgan fingerprint density at radius 2 is 2.39 bits per heavy atom. The van der Waals surface area contributed by atoms with Gasteiger partial charge in [-0.25, -0.2) is 0 Å². The molecule has 0 aliphatic heterocycles. The molecule has 0 aliphatic carbocycles. The van der Waals surface area contributed by atoms with Gasteiger partial charge >= 0.3 is 0 Å². The van der Waals surface area contributed by atoms with Crippen LogP contribution in [0.3, 0.4) is 0 Å². The van der Waals surface area contributed by atoms with Gasteiger partial charge in [-0.05, 0) is 17.9 Å². The molecular weight excluding hydrogens is 248 g/mol. The second kappa shape index (κ2) is 5.22. The number of anilines is 1. The third-order valence-electron chi connectivity index (χ3n) is 2.67. The lowest BCUT2D eigenvalue weighted by Gasteiger charge is -2.03. The molecule has 0 spiro atoms. The van der Waals surface area contributed by atoms with Crippen molar-refractivity contribution in [2.45, 2.75) is 19.9 Å². The van der Waals surface area contributed by atoms with Crippen LogP contribution in [0, 0.1) is 0 Å². The summed E-state index contributed by atoms with van der Waals surface area (Å²) in [6, 6.07) is 1.74. The van der Waals surface area contributed by atoms with Crippen LogP contribution in [-0.2, 0) is 20.0 Å². The second-order valence-electron chi connectivity index (χ2n) is 4.02. The minimum absolute atomic E-state index is 0.131. The van der Waals surface area contributed by atoms with Crippen LogP contribution >= 0.6 is 11.3 Å². The molecule has 2 aromatic rings. The maximum atomic E-state index is 11.9. The minimum atomic E-state index is -0.131. The van der Waals surface area contributed by atoms with Crippen molar-refractivity contribution in [1.29, 1.82) is 0 Å². The number of carbonyl (C=O) groups is 1. The van der Waals surface area contributed by atoms with E-state index in [2.05, 4.69) is 10.4 Å². The monoisotopic (exact) mass is 264 g/mol.